The summed E-state index contributed by atoms with van der Waals surface area (Å²) in [5.41, 5.74) is 5.69. The van der Waals surface area contributed by atoms with Crippen LogP contribution in [0.4, 0.5) is 5.69 Å². The predicted octanol–water partition coefficient (Wildman–Crippen LogP) is 6.81. The van der Waals surface area contributed by atoms with Crippen LogP contribution in [0.5, 0.6) is 0 Å². The minimum atomic E-state index is -0.296. The third kappa shape index (κ3) is 4.89. The first kappa shape index (κ1) is 25.5. The number of fused-ring (bicyclic) bond motifs is 3. The summed E-state index contributed by atoms with van der Waals surface area (Å²) < 4.78 is 2.16. The number of carbonyl (C=O) groups is 2. The maximum atomic E-state index is 14.2. The Hall–Kier alpha value is -4.12. The molecule has 1 atom stereocenters. The van der Waals surface area contributed by atoms with Gasteiger partial charge in [0.05, 0.1) is 17.1 Å². The van der Waals surface area contributed by atoms with Gasteiger partial charge in [-0.05, 0) is 74.2 Å². The van der Waals surface area contributed by atoms with Gasteiger partial charge in [0, 0.05) is 17.8 Å². The van der Waals surface area contributed by atoms with Crippen molar-refractivity contribution < 1.29 is 9.59 Å². The Labute approximate surface area is 225 Å². The maximum Gasteiger partial charge on any atom is 0.254 e. The monoisotopic (exact) mass is 505 g/mol. The maximum absolute atomic E-state index is 14.2. The number of aryl methyl sites for hydroxylation is 1. The van der Waals surface area contributed by atoms with E-state index in [0.29, 0.717) is 5.56 Å². The third-order valence-corrected chi connectivity index (χ3v) is 7.31. The summed E-state index contributed by atoms with van der Waals surface area (Å²) in [5, 5.41) is 0. The van der Waals surface area contributed by atoms with Crippen molar-refractivity contribution in [2.45, 2.75) is 52.1 Å². The second kappa shape index (κ2) is 11.1. The highest BCUT2D eigenvalue weighted by molar-refractivity contribution is 6.02. The lowest BCUT2D eigenvalue weighted by Gasteiger charge is -2.40. The molecule has 5 nitrogen and oxygen atoms in total. The van der Waals surface area contributed by atoms with Crippen LogP contribution in [-0.2, 0) is 11.2 Å². The largest absolute Gasteiger partial charge is 0.327 e. The zero-order valence-corrected chi connectivity index (χ0v) is 22.4. The SMILES string of the molecule is CCCCc1ccc(C(=O)N(CC(=O)N2c3ccccc3-n3cccc3C2c2ccccc2)C(C)C)cc1. The Bertz CT molecular complexity index is 1410. The molecule has 0 saturated carbocycles. The van der Waals surface area contributed by atoms with Crippen molar-refractivity contribution in [3.05, 3.63) is 120 Å². The Morgan fingerprint density at radius 3 is 2.21 bits per heavy atom. The van der Waals surface area contributed by atoms with Crippen LogP contribution >= 0.6 is 0 Å². The molecule has 194 valence electrons. The molecule has 4 aromatic rings. The molecule has 5 rings (SSSR count). The number of hydrogen-bond donors (Lipinski definition) is 0. The lowest BCUT2D eigenvalue weighted by atomic mass is 9.97. The minimum absolute atomic E-state index is 0.00748. The molecule has 0 fully saturated rings. The first-order chi connectivity index (χ1) is 18.5. The van der Waals surface area contributed by atoms with Gasteiger partial charge < -0.3 is 9.47 Å². The quantitative estimate of drug-likeness (QED) is 0.264. The van der Waals surface area contributed by atoms with E-state index in [1.165, 1.54) is 5.56 Å². The van der Waals surface area contributed by atoms with Gasteiger partial charge in [-0.1, -0.05) is 67.9 Å². The van der Waals surface area contributed by atoms with Gasteiger partial charge in [0.15, 0.2) is 0 Å². The van der Waals surface area contributed by atoms with E-state index in [9.17, 15) is 9.59 Å². The van der Waals surface area contributed by atoms with E-state index in [0.717, 1.165) is 41.9 Å². The highest BCUT2D eigenvalue weighted by atomic mass is 16.2. The van der Waals surface area contributed by atoms with E-state index < -0.39 is 0 Å². The van der Waals surface area contributed by atoms with Crippen LogP contribution in [0.3, 0.4) is 0 Å². The van der Waals surface area contributed by atoms with E-state index >= 15 is 0 Å². The average molecular weight is 506 g/mol. The second-order valence-electron chi connectivity index (χ2n) is 10.2. The minimum Gasteiger partial charge on any atom is -0.327 e. The molecule has 0 spiro atoms. The number of hydrogen-bond acceptors (Lipinski definition) is 2. The summed E-state index contributed by atoms with van der Waals surface area (Å²) in [6, 6.07) is 29.6. The van der Waals surface area contributed by atoms with Crippen LogP contribution in [0.15, 0.2) is 97.2 Å². The molecule has 38 heavy (non-hydrogen) atoms. The summed E-state index contributed by atoms with van der Waals surface area (Å²) in [6.07, 6.45) is 5.32. The second-order valence-corrected chi connectivity index (χ2v) is 10.2. The molecule has 0 aliphatic carbocycles. The highest BCUT2D eigenvalue weighted by Gasteiger charge is 2.37. The number of aromatic nitrogens is 1. The number of benzene rings is 3. The zero-order valence-electron chi connectivity index (χ0n) is 22.4. The Morgan fingerprint density at radius 1 is 0.842 bits per heavy atom. The van der Waals surface area contributed by atoms with E-state index in [-0.39, 0.29) is 30.4 Å². The van der Waals surface area contributed by atoms with E-state index in [1.807, 2.05) is 97.7 Å². The van der Waals surface area contributed by atoms with Gasteiger partial charge in [0.2, 0.25) is 5.91 Å². The Morgan fingerprint density at radius 2 is 1.53 bits per heavy atom. The summed E-state index contributed by atoms with van der Waals surface area (Å²) >= 11 is 0. The van der Waals surface area contributed by atoms with Gasteiger partial charge in [0.25, 0.3) is 5.91 Å². The van der Waals surface area contributed by atoms with Gasteiger partial charge in [-0.25, -0.2) is 0 Å². The summed E-state index contributed by atoms with van der Waals surface area (Å²) in [7, 11) is 0. The standard InChI is InChI=1S/C33H35N3O2/c1-4-5-12-25-18-20-27(21-19-25)33(38)35(24(2)3)23-31(37)36-29-16-10-9-15-28(29)34-22-11-17-30(34)32(36)26-13-7-6-8-14-26/h6-11,13-22,24,32H,4-5,12,23H2,1-3H3. The van der Waals surface area contributed by atoms with Gasteiger partial charge in [0.1, 0.15) is 12.6 Å². The summed E-state index contributed by atoms with van der Waals surface area (Å²) in [4.78, 5) is 31.4. The summed E-state index contributed by atoms with van der Waals surface area (Å²) in [6.45, 7) is 6.10. The predicted molar refractivity (Wildman–Crippen MR) is 153 cm³/mol. The van der Waals surface area contributed by atoms with Crippen molar-refractivity contribution in [1.82, 2.24) is 9.47 Å². The van der Waals surface area contributed by atoms with Crippen molar-refractivity contribution in [2.24, 2.45) is 0 Å². The van der Waals surface area contributed by atoms with Crippen LogP contribution < -0.4 is 4.90 Å². The fraction of sp³-hybridized carbons (Fsp3) is 0.273. The normalized spacial score (nSPS) is 14.2. The molecule has 1 aromatic heterocycles. The smallest absolute Gasteiger partial charge is 0.254 e. The van der Waals surface area contributed by atoms with Crippen LogP contribution in [0.1, 0.15) is 66.8 Å². The molecule has 3 aromatic carbocycles. The molecule has 0 N–H and O–H groups in total. The number of para-hydroxylation sites is 2. The van der Waals surface area contributed by atoms with Crippen LogP contribution in [0.25, 0.3) is 5.69 Å². The number of rotatable bonds is 8. The molecule has 1 aliphatic rings. The lowest BCUT2D eigenvalue weighted by molar-refractivity contribution is -0.120. The van der Waals surface area contributed by atoms with E-state index in [2.05, 4.69) is 29.7 Å². The van der Waals surface area contributed by atoms with Crippen molar-refractivity contribution in [2.75, 3.05) is 11.4 Å². The van der Waals surface area contributed by atoms with Gasteiger partial charge in [-0.15, -0.1) is 0 Å². The molecular formula is C33H35N3O2. The zero-order chi connectivity index (χ0) is 26.6. The fourth-order valence-electron chi connectivity index (χ4n) is 5.28. The Kier molecular flexibility index (Phi) is 7.45. The average Bonchev–Trinajstić information content (AvgIpc) is 3.44. The number of anilines is 1. The molecule has 0 radical (unpaired) electrons. The topological polar surface area (TPSA) is 45.6 Å². The van der Waals surface area contributed by atoms with Crippen molar-refractivity contribution in [3.8, 4) is 5.69 Å². The van der Waals surface area contributed by atoms with Gasteiger partial charge in [-0.2, -0.15) is 0 Å². The summed E-state index contributed by atoms with van der Waals surface area (Å²) in [5.74, 6) is -0.235. The van der Waals surface area contributed by atoms with Crippen LogP contribution in [-0.4, -0.2) is 33.9 Å². The first-order valence-corrected chi connectivity index (χ1v) is 13.5. The van der Waals surface area contributed by atoms with Gasteiger partial charge in [-0.3, -0.25) is 14.5 Å². The molecule has 0 bridgehead atoms. The molecule has 2 heterocycles. The molecule has 2 amide bonds. The molecular weight excluding hydrogens is 470 g/mol. The highest BCUT2D eigenvalue weighted by Crippen LogP contribution is 2.42. The van der Waals surface area contributed by atoms with E-state index in [4.69, 9.17) is 0 Å². The molecule has 1 unspecified atom stereocenters. The number of carbonyl (C=O) groups excluding carboxylic acids is 2. The first-order valence-electron chi connectivity index (χ1n) is 13.5. The van der Waals surface area contributed by atoms with Crippen LogP contribution in [0.2, 0.25) is 0 Å². The third-order valence-electron chi connectivity index (χ3n) is 7.31. The van der Waals surface area contributed by atoms with E-state index in [1.54, 1.807) is 4.90 Å². The molecule has 5 heteroatoms. The number of unbranched alkanes of at least 4 members (excludes halogenated alkanes) is 1. The Balaban J connectivity index is 1.48. The molecule has 1 aliphatic heterocycles. The number of nitrogens with zero attached hydrogens (tertiary/aromatic N) is 3. The lowest BCUT2D eigenvalue weighted by Crippen LogP contribution is -2.48. The van der Waals surface area contributed by atoms with Crippen molar-refractivity contribution >= 4 is 17.5 Å². The van der Waals surface area contributed by atoms with Gasteiger partial charge >= 0.3 is 0 Å². The molecule has 0 saturated heterocycles. The van der Waals surface area contributed by atoms with Crippen LogP contribution in [0, 0.1) is 0 Å². The van der Waals surface area contributed by atoms with Crippen molar-refractivity contribution in [3.63, 3.8) is 0 Å². The fourth-order valence-corrected chi connectivity index (χ4v) is 5.28. The number of amides is 2. The van der Waals surface area contributed by atoms with Crippen molar-refractivity contribution in [1.29, 1.82) is 0 Å².